The summed E-state index contributed by atoms with van der Waals surface area (Å²) < 4.78 is 0. The zero-order chi connectivity index (χ0) is 12.4. The minimum Gasteiger partial charge on any atom is -0.368 e. The van der Waals surface area contributed by atoms with Crippen LogP contribution >= 0.6 is 11.6 Å². The second-order valence-corrected chi connectivity index (χ2v) is 5.40. The number of nitrogens with zero attached hydrogens (tertiary/aromatic N) is 1. The molecule has 0 aromatic heterocycles. The molecule has 1 atom stereocenters. The first-order chi connectivity index (χ1) is 8.13. The number of anilines is 1. The smallest absolute Gasteiger partial charge is 0.152 e. The molecule has 0 aliphatic carbocycles. The molecule has 1 aromatic rings. The van der Waals surface area contributed by atoms with E-state index in [2.05, 4.69) is 18.7 Å². The maximum atomic E-state index is 11.1. The minimum absolute atomic E-state index is 0.537. The van der Waals surface area contributed by atoms with Crippen molar-refractivity contribution in [3.05, 3.63) is 28.8 Å². The first-order valence-corrected chi connectivity index (χ1v) is 6.52. The van der Waals surface area contributed by atoms with Crippen molar-refractivity contribution in [2.45, 2.75) is 32.7 Å². The van der Waals surface area contributed by atoms with Crippen LogP contribution in [0.4, 0.5) is 5.69 Å². The van der Waals surface area contributed by atoms with E-state index < -0.39 is 0 Å². The van der Waals surface area contributed by atoms with Gasteiger partial charge in [-0.25, -0.2) is 0 Å². The van der Waals surface area contributed by atoms with Gasteiger partial charge in [0.05, 0.1) is 0 Å². The third-order valence-corrected chi connectivity index (χ3v) is 3.73. The molecule has 2 rings (SSSR count). The predicted octanol–water partition coefficient (Wildman–Crippen LogP) is 3.78. The minimum atomic E-state index is 0.537. The van der Waals surface area contributed by atoms with E-state index in [0.717, 1.165) is 18.5 Å². The zero-order valence-electron chi connectivity index (χ0n) is 10.3. The molecule has 0 amide bonds. The number of hydrogen-bond donors (Lipinski definition) is 0. The molecule has 3 heteroatoms. The van der Waals surface area contributed by atoms with Gasteiger partial charge in [-0.05, 0) is 37.0 Å². The number of rotatable bonds is 3. The van der Waals surface area contributed by atoms with Crippen molar-refractivity contribution in [3.8, 4) is 0 Å². The summed E-state index contributed by atoms with van der Waals surface area (Å²) in [5, 5.41) is 0.621. The highest BCUT2D eigenvalue weighted by atomic mass is 35.5. The lowest BCUT2D eigenvalue weighted by atomic mass is 10.0. The predicted molar refractivity (Wildman–Crippen MR) is 72.0 cm³/mol. The first-order valence-electron chi connectivity index (χ1n) is 6.15. The van der Waals surface area contributed by atoms with Crippen LogP contribution in [0.5, 0.6) is 0 Å². The van der Waals surface area contributed by atoms with Crippen molar-refractivity contribution < 1.29 is 4.79 Å². The van der Waals surface area contributed by atoms with Crippen LogP contribution in [0.15, 0.2) is 18.2 Å². The van der Waals surface area contributed by atoms with Gasteiger partial charge in [-0.15, -0.1) is 0 Å². The summed E-state index contributed by atoms with van der Waals surface area (Å²) in [6.07, 6.45) is 3.30. The molecule has 0 N–H and O–H groups in total. The van der Waals surface area contributed by atoms with Crippen LogP contribution in [0.1, 0.15) is 37.0 Å². The maximum Gasteiger partial charge on any atom is 0.152 e. The number of halogens is 1. The molecule has 0 radical (unpaired) electrons. The summed E-state index contributed by atoms with van der Waals surface area (Å²) in [7, 11) is 0. The van der Waals surface area contributed by atoms with Gasteiger partial charge in [-0.1, -0.05) is 25.4 Å². The number of benzene rings is 1. The van der Waals surface area contributed by atoms with Crippen molar-refractivity contribution in [3.63, 3.8) is 0 Å². The Hall–Kier alpha value is -1.02. The van der Waals surface area contributed by atoms with Gasteiger partial charge < -0.3 is 4.90 Å². The number of carbonyl (C=O) groups is 1. The molecular formula is C14H18ClNO. The Bertz CT molecular complexity index is 417. The molecule has 1 aliphatic rings. The molecule has 1 aromatic carbocycles. The van der Waals surface area contributed by atoms with Gasteiger partial charge in [-0.2, -0.15) is 0 Å². The Morgan fingerprint density at radius 3 is 2.88 bits per heavy atom. The van der Waals surface area contributed by atoms with E-state index in [-0.39, 0.29) is 0 Å². The molecule has 0 bridgehead atoms. The summed E-state index contributed by atoms with van der Waals surface area (Å²) in [4.78, 5) is 13.5. The van der Waals surface area contributed by atoms with Gasteiger partial charge in [0, 0.05) is 28.9 Å². The highest BCUT2D eigenvalue weighted by Crippen LogP contribution is 2.32. The largest absolute Gasteiger partial charge is 0.368 e. The topological polar surface area (TPSA) is 20.3 Å². The zero-order valence-corrected chi connectivity index (χ0v) is 11.1. The fraction of sp³-hybridized carbons (Fsp3) is 0.500. The SMILES string of the molecule is CC(C)C1CCCN1c1ccc(Cl)cc1C=O. The van der Waals surface area contributed by atoms with Crippen LogP contribution in [0, 0.1) is 5.92 Å². The van der Waals surface area contributed by atoms with E-state index in [9.17, 15) is 4.79 Å². The summed E-state index contributed by atoms with van der Waals surface area (Å²) >= 11 is 5.92. The molecule has 0 saturated carbocycles. The maximum absolute atomic E-state index is 11.1. The van der Waals surface area contributed by atoms with Crippen molar-refractivity contribution in [2.24, 2.45) is 5.92 Å². The normalized spacial score (nSPS) is 20.0. The van der Waals surface area contributed by atoms with Gasteiger partial charge >= 0.3 is 0 Å². The van der Waals surface area contributed by atoms with Gasteiger partial charge in [0.25, 0.3) is 0 Å². The Kier molecular flexibility index (Phi) is 3.72. The number of hydrogen-bond acceptors (Lipinski definition) is 2. The highest BCUT2D eigenvalue weighted by molar-refractivity contribution is 6.31. The second kappa shape index (κ2) is 5.09. The second-order valence-electron chi connectivity index (χ2n) is 4.97. The molecule has 1 aliphatic heterocycles. The highest BCUT2D eigenvalue weighted by Gasteiger charge is 2.28. The molecule has 1 fully saturated rings. The number of carbonyl (C=O) groups excluding carboxylic acids is 1. The Morgan fingerprint density at radius 2 is 2.24 bits per heavy atom. The van der Waals surface area contributed by atoms with Crippen molar-refractivity contribution >= 4 is 23.6 Å². The summed E-state index contributed by atoms with van der Waals surface area (Å²) in [5.74, 6) is 0.604. The van der Waals surface area contributed by atoms with Crippen LogP contribution in [0.25, 0.3) is 0 Å². The van der Waals surface area contributed by atoms with E-state index >= 15 is 0 Å². The van der Waals surface area contributed by atoms with Crippen LogP contribution < -0.4 is 4.90 Å². The lowest BCUT2D eigenvalue weighted by molar-refractivity contribution is 0.112. The lowest BCUT2D eigenvalue weighted by Crippen LogP contribution is -2.33. The van der Waals surface area contributed by atoms with E-state index in [4.69, 9.17) is 11.6 Å². The quantitative estimate of drug-likeness (QED) is 0.762. The fourth-order valence-electron chi connectivity index (χ4n) is 2.67. The number of aldehydes is 1. The summed E-state index contributed by atoms with van der Waals surface area (Å²) in [6.45, 7) is 5.50. The average molecular weight is 252 g/mol. The summed E-state index contributed by atoms with van der Waals surface area (Å²) in [6, 6.07) is 6.11. The first kappa shape index (κ1) is 12.4. The fourth-order valence-corrected chi connectivity index (χ4v) is 2.85. The third kappa shape index (κ3) is 2.47. The van der Waals surface area contributed by atoms with Crippen LogP contribution in [0.3, 0.4) is 0 Å². The summed E-state index contributed by atoms with van der Waals surface area (Å²) in [5.41, 5.74) is 1.73. The van der Waals surface area contributed by atoms with Crippen LogP contribution in [0.2, 0.25) is 5.02 Å². The van der Waals surface area contributed by atoms with Crippen molar-refractivity contribution in [1.82, 2.24) is 0 Å². The Morgan fingerprint density at radius 1 is 1.47 bits per heavy atom. The van der Waals surface area contributed by atoms with E-state index in [1.54, 1.807) is 6.07 Å². The van der Waals surface area contributed by atoms with E-state index in [0.29, 0.717) is 22.5 Å². The third-order valence-electron chi connectivity index (χ3n) is 3.49. The molecule has 0 spiro atoms. The van der Waals surface area contributed by atoms with Crippen molar-refractivity contribution in [1.29, 1.82) is 0 Å². The van der Waals surface area contributed by atoms with E-state index in [1.807, 2.05) is 12.1 Å². The molecule has 1 heterocycles. The Balaban J connectivity index is 2.36. The van der Waals surface area contributed by atoms with Gasteiger partial charge in [0.15, 0.2) is 6.29 Å². The van der Waals surface area contributed by atoms with Gasteiger partial charge in [-0.3, -0.25) is 4.79 Å². The lowest BCUT2D eigenvalue weighted by Gasteiger charge is -2.30. The monoisotopic (exact) mass is 251 g/mol. The standard InChI is InChI=1S/C14H18ClNO/c1-10(2)13-4-3-7-16(13)14-6-5-12(15)8-11(14)9-17/h5-6,8-10,13H,3-4,7H2,1-2H3. The molecular weight excluding hydrogens is 234 g/mol. The van der Waals surface area contributed by atoms with Crippen molar-refractivity contribution in [2.75, 3.05) is 11.4 Å². The molecule has 2 nitrogen and oxygen atoms in total. The average Bonchev–Trinajstić information content (AvgIpc) is 2.77. The Labute approximate surface area is 108 Å². The molecule has 92 valence electrons. The van der Waals surface area contributed by atoms with Gasteiger partial charge in [0.2, 0.25) is 0 Å². The molecule has 17 heavy (non-hydrogen) atoms. The van der Waals surface area contributed by atoms with Crippen LogP contribution in [-0.2, 0) is 0 Å². The molecule has 1 unspecified atom stereocenters. The molecule has 1 saturated heterocycles. The van der Waals surface area contributed by atoms with Crippen LogP contribution in [-0.4, -0.2) is 18.9 Å². The van der Waals surface area contributed by atoms with Gasteiger partial charge in [0.1, 0.15) is 0 Å². The van der Waals surface area contributed by atoms with E-state index in [1.165, 1.54) is 12.8 Å².